The van der Waals surface area contributed by atoms with Crippen LogP contribution in [0, 0.1) is 0 Å². The van der Waals surface area contributed by atoms with Gasteiger partial charge < -0.3 is 14.0 Å². The summed E-state index contributed by atoms with van der Waals surface area (Å²) >= 11 is 0. The molecule has 0 N–H and O–H groups in total. The topological polar surface area (TPSA) is 13.1 Å². The SMILES string of the molecule is c1ccc(-c2cccc(-c3ccc(N(c4ccccc4)c4cccc(-c5cc(-c6ccc7c(c6)c6ccccc6n7-c6ccccc6)cc(-c6ccc7c(c6)c6ccccc6n7-c6ccccc6)c5)c4)cc3)c2)cc1. The van der Waals surface area contributed by atoms with Crippen LogP contribution in [0.2, 0.25) is 0 Å². The van der Waals surface area contributed by atoms with E-state index in [1.807, 2.05) is 0 Å². The standard InChI is InChI=1S/C72H49N3/c1-5-19-50(20-6-1)52-21-17-22-53(43-52)51-35-39-63(40-36-51)73(60-24-7-2-8-25-60)64-30-18-23-54(47-64)57-44-58(55-37-41-71-67(48-55)65-31-13-15-33-69(65)74(71)61-26-9-3-10-27-61)46-59(45-57)56-38-42-72-68(49-56)66-32-14-16-34-70(66)75(72)62-28-11-4-12-29-62/h1-49H. The Bertz CT molecular complexity index is 4210. The fourth-order valence-corrected chi connectivity index (χ4v) is 11.3. The van der Waals surface area contributed by atoms with E-state index in [1.54, 1.807) is 0 Å². The molecule has 0 spiro atoms. The van der Waals surface area contributed by atoms with E-state index in [1.165, 1.54) is 77.0 Å². The average molecular weight is 956 g/mol. The molecule has 0 saturated heterocycles. The van der Waals surface area contributed by atoms with E-state index in [0.29, 0.717) is 0 Å². The summed E-state index contributed by atoms with van der Waals surface area (Å²) in [7, 11) is 0. The van der Waals surface area contributed by atoms with Crippen LogP contribution in [0.15, 0.2) is 297 Å². The van der Waals surface area contributed by atoms with Crippen LogP contribution in [0.5, 0.6) is 0 Å². The van der Waals surface area contributed by atoms with Gasteiger partial charge in [0, 0.05) is 50.0 Å². The van der Waals surface area contributed by atoms with Crippen LogP contribution in [0.1, 0.15) is 0 Å². The van der Waals surface area contributed by atoms with Crippen molar-refractivity contribution in [3.8, 4) is 67.0 Å². The number of hydrogen-bond donors (Lipinski definition) is 0. The molecule has 0 unspecified atom stereocenters. The average Bonchev–Trinajstić information content (AvgIpc) is 4.01. The maximum absolute atomic E-state index is 2.39. The summed E-state index contributed by atoms with van der Waals surface area (Å²) in [5.41, 5.74) is 22.0. The summed E-state index contributed by atoms with van der Waals surface area (Å²) < 4.78 is 4.77. The van der Waals surface area contributed by atoms with Crippen LogP contribution in [-0.4, -0.2) is 9.13 Å². The molecule has 2 heterocycles. The zero-order valence-corrected chi connectivity index (χ0v) is 41.1. The lowest BCUT2D eigenvalue weighted by atomic mass is 9.92. The Morgan fingerprint density at radius 2 is 0.520 bits per heavy atom. The quantitative estimate of drug-likeness (QED) is 0.133. The maximum atomic E-state index is 2.39. The van der Waals surface area contributed by atoms with E-state index in [-0.39, 0.29) is 0 Å². The van der Waals surface area contributed by atoms with Crippen LogP contribution in [-0.2, 0) is 0 Å². The van der Waals surface area contributed by atoms with Crippen molar-refractivity contribution in [3.63, 3.8) is 0 Å². The minimum Gasteiger partial charge on any atom is -0.310 e. The number of rotatable bonds is 10. The Balaban J connectivity index is 0.918. The number of benzene rings is 12. The molecule has 0 bridgehead atoms. The van der Waals surface area contributed by atoms with Gasteiger partial charge in [-0.2, -0.15) is 0 Å². The first-order valence-corrected chi connectivity index (χ1v) is 25.7. The molecule has 0 aliphatic heterocycles. The van der Waals surface area contributed by atoms with E-state index < -0.39 is 0 Å². The number of nitrogens with zero attached hydrogens (tertiary/aromatic N) is 3. The second-order valence-corrected chi connectivity index (χ2v) is 19.4. The van der Waals surface area contributed by atoms with Crippen LogP contribution in [0.4, 0.5) is 17.1 Å². The fraction of sp³-hybridized carbons (Fsp3) is 0. The Labute approximate surface area is 436 Å². The van der Waals surface area contributed by atoms with Gasteiger partial charge in [-0.25, -0.2) is 0 Å². The van der Waals surface area contributed by atoms with Crippen molar-refractivity contribution >= 4 is 60.7 Å². The van der Waals surface area contributed by atoms with E-state index in [0.717, 1.165) is 50.7 Å². The highest BCUT2D eigenvalue weighted by Gasteiger charge is 2.19. The van der Waals surface area contributed by atoms with Crippen molar-refractivity contribution in [1.82, 2.24) is 9.13 Å². The van der Waals surface area contributed by atoms with Crippen LogP contribution < -0.4 is 4.90 Å². The molecule has 3 nitrogen and oxygen atoms in total. The number of anilines is 3. The zero-order chi connectivity index (χ0) is 49.7. The molecule has 2 aromatic heterocycles. The minimum absolute atomic E-state index is 1.08. The van der Waals surface area contributed by atoms with Gasteiger partial charge in [-0.15, -0.1) is 0 Å². The van der Waals surface area contributed by atoms with Crippen LogP contribution in [0.3, 0.4) is 0 Å². The number of hydrogen-bond acceptors (Lipinski definition) is 1. The van der Waals surface area contributed by atoms with Crippen molar-refractivity contribution in [2.45, 2.75) is 0 Å². The molecule has 0 amide bonds. The third-order valence-corrected chi connectivity index (χ3v) is 14.9. The van der Waals surface area contributed by atoms with Gasteiger partial charge in [-0.1, -0.05) is 176 Å². The third kappa shape index (κ3) is 7.95. The molecule has 14 aromatic rings. The van der Waals surface area contributed by atoms with Gasteiger partial charge >= 0.3 is 0 Å². The largest absolute Gasteiger partial charge is 0.310 e. The highest BCUT2D eigenvalue weighted by molar-refractivity contribution is 6.12. The van der Waals surface area contributed by atoms with E-state index in [4.69, 9.17) is 0 Å². The second kappa shape index (κ2) is 18.6. The maximum Gasteiger partial charge on any atom is 0.0541 e. The minimum atomic E-state index is 1.08. The molecule has 0 radical (unpaired) electrons. The van der Waals surface area contributed by atoms with Crippen molar-refractivity contribution < 1.29 is 0 Å². The molecule has 0 saturated carbocycles. The Morgan fingerprint density at radius 1 is 0.187 bits per heavy atom. The number of fused-ring (bicyclic) bond motifs is 6. The predicted octanol–water partition coefficient (Wildman–Crippen LogP) is 19.7. The monoisotopic (exact) mass is 955 g/mol. The summed E-state index contributed by atoms with van der Waals surface area (Å²) in [6.45, 7) is 0. The van der Waals surface area contributed by atoms with E-state index >= 15 is 0 Å². The first-order valence-electron chi connectivity index (χ1n) is 25.7. The number of para-hydroxylation sites is 5. The zero-order valence-electron chi connectivity index (χ0n) is 41.1. The molecule has 352 valence electrons. The van der Waals surface area contributed by atoms with E-state index in [9.17, 15) is 0 Å². The fourth-order valence-electron chi connectivity index (χ4n) is 11.3. The molecular weight excluding hydrogens is 907 g/mol. The molecule has 0 aliphatic carbocycles. The lowest BCUT2D eigenvalue weighted by molar-refractivity contribution is 1.18. The van der Waals surface area contributed by atoms with Gasteiger partial charge in [-0.05, 0) is 177 Å². The van der Waals surface area contributed by atoms with E-state index in [2.05, 4.69) is 311 Å². The summed E-state index contributed by atoms with van der Waals surface area (Å²) in [5.74, 6) is 0. The summed E-state index contributed by atoms with van der Waals surface area (Å²) in [5, 5.41) is 4.92. The summed E-state index contributed by atoms with van der Waals surface area (Å²) in [6.07, 6.45) is 0. The normalized spacial score (nSPS) is 11.5. The molecule has 14 rings (SSSR count). The lowest BCUT2D eigenvalue weighted by Gasteiger charge is -2.26. The van der Waals surface area contributed by atoms with Gasteiger partial charge in [-0.3, -0.25) is 0 Å². The lowest BCUT2D eigenvalue weighted by Crippen LogP contribution is -2.09. The van der Waals surface area contributed by atoms with Crippen LogP contribution >= 0.6 is 0 Å². The highest BCUT2D eigenvalue weighted by Crippen LogP contribution is 2.42. The van der Waals surface area contributed by atoms with Gasteiger partial charge in [0.05, 0.1) is 22.1 Å². The highest BCUT2D eigenvalue weighted by atomic mass is 15.1. The summed E-state index contributed by atoms with van der Waals surface area (Å²) in [6, 6.07) is 108. The molecule has 0 aliphatic rings. The molecular formula is C72H49N3. The smallest absolute Gasteiger partial charge is 0.0541 e. The van der Waals surface area contributed by atoms with Crippen molar-refractivity contribution in [1.29, 1.82) is 0 Å². The van der Waals surface area contributed by atoms with Gasteiger partial charge in [0.25, 0.3) is 0 Å². The van der Waals surface area contributed by atoms with Gasteiger partial charge in [0.2, 0.25) is 0 Å². The second-order valence-electron chi connectivity index (χ2n) is 19.4. The molecule has 75 heavy (non-hydrogen) atoms. The predicted molar refractivity (Wildman–Crippen MR) is 317 cm³/mol. The van der Waals surface area contributed by atoms with Crippen molar-refractivity contribution in [2.24, 2.45) is 0 Å². The molecule has 0 atom stereocenters. The molecule has 12 aromatic carbocycles. The van der Waals surface area contributed by atoms with Crippen LogP contribution in [0.25, 0.3) is 111 Å². The van der Waals surface area contributed by atoms with Crippen molar-refractivity contribution in [3.05, 3.63) is 297 Å². The number of aromatic nitrogens is 2. The molecule has 0 fully saturated rings. The van der Waals surface area contributed by atoms with Crippen molar-refractivity contribution in [2.75, 3.05) is 4.90 Å². The molecule has 3 heteroatoms. The Hall–Kier alpha value is -9.96. The Morgan fingerprint density at radius 3 is 1.04 bits per heavy atom. The van der Waals surface area contributed by atoms with Gasteiger partial charge in [0.15, 0.2) is 0 Å². The summed E-state index contributed by atoms with van der Waals surface area (Å²) in [4.78, 5) is 2.37. The Kier molecular flexibility index (Phi) is 10.8. The van der Waals surface area contributed by atoms with Gasteiger partial charge in [0.1, 0.15) is 0 Å². The first-order chi connectivity index (χ1) is 37.2. The third-order valence-electron chi connectivity index (χ3n) is 14.9. The first kappa shape index (κ1) is 43.8.